The van der Waals surface area contributed by atoms with Crippen LogP contribution in [0.15, 0.2) is 23.1 Å². The number of pyridine rings is 1. The van der Waals surface area contributed by atoms with Gasteiger partial charge in [0.1, 0.15) is 11.4 Å². The molecule has 0 bridgehead atoms. The van der Waals surface area contributed by atoms with Gasteiger partial charge in [0.05, 0.1) is 57.6 Å². The molecule has 30 heavy (non-hydrogen) atoms. The van der Waals surface area contributed by atoms with E-state index in [1.54, 1.807) is 17.2 Å². The number of morpholine rings is 1. The van der Waals surface area contributed by atoms with Gasteiger partial charge >= 0.3 is 0 Å². The monoisotopic (exact) mass is 438 g/mol. The van der Waals surface area contributed by atoms with E-state index in [0.29, 0.717) is 44.1 Å². The number of quaternary nitrogens is 1. The molecule has 0 radical (unpaired) electrons. The number of aromatic nitrogens is 1. The lowest BCUT2D eigenvalue weighted by Crippen LogP contribution is -3.12. The fourth-order valence-corrected chi connectivity index (χ4v) is 4.12. The molecular weight excluding hydrogens is 411 g/mol. The van der Waals surface area contributed by atoms with Crippen molar-refractivity contribution in [2.24, 2.45) is 0 Å². The summed E-state index contributed by atoms with van der Waals surface area (Å²) in [7, 11) is 2.13. The Balaban J connectivity index is 0.00000256. The number of anilines is 1. The van der Waals surface area contributed by atoms with Gasteiger partial charge in [0, 0.05) is 31.2 Å². The second-order valence-electron chi connectivity index (χ2n) is 7.83. The van der Waals surface area contributed by atoms with Crippen LogP contribution in [0.25, 0.3) is 10.9 Å². The largest absolute Gasteiger partial charge is 1.00 e. The predicted octanol–water partition coefficient (Wildman–Crippen LogP) is -3.03. The van der Waals surface area contributed by atoms with E-state index in [2.05, 4.69) is 7.05 Å². The maximum Gasteiger partial charge on any atom is 0.259 e. The third-order valence-electron chi connectivity index (χ3n) is 5.98. The van der Waals surface area contributed by atoms with E-state index in [4.69, 9.17) is 4.74 Å². The highest BCUT2D eigenvalue weighted by Gasteiger charge is 2.25. The lowest BCUT2D eigenvalue weighted by Gasteiger charge is -2.32. The second kappa shape index (κ2) is 9.32. The van der Waals surface area contributed by atoms with Crippen LogP contribution >= 0.6 is 0 Å². The Morgan fingerprint density at radius 3 is 2.47 bits per heavy atom. The highest BCUT2D eigenvalue weighted by Crippen LogP contribution is 2.25. The smallest absolute Gasteiger partial charge is 0.259 e. The molecule has 0 unspecified atom stereocenters. The summed E-state index contributed by atoms with van der Waals surface area (Å²) in [5.41, 5.74) is 0.878. The van der Waals surface area contributed by atoms with Gasteiger partial charge in [0.15, 0.2) is 0 Å². The van der Waals surface area contributed by atoms with Crippen molar-refractivity contribution in [2.75, 3.05) is 64.4 Å². The minimum absolute atomic E-state index is 0. The van der Waals surface area contributed by atoms with Crippen LogP contribution in [-0.4, -0.2) is 74.9 Å². The number of nitrogens with one attached hydrogen (secondary N) is 1. The van der Waals surface area contributed by atoms with E-state index in [9.17, 15) is 14.0 Å². The molecule has 1 aromatic carbocycles. The summed E-state index contributed by atoms with van der Waals surface area (Å²) >= 11 is 0. The maximum absolute atomic E-state index is 15.0. The number of ether oxygens (including phenoxy) is 1. The quantitative estimate of drug-likeness (QED) is 0.554. The first-order valence-corrected chi connectivity index (χ1v) is 10.3. The van der Waals surface area contributed by atoms with Crippen LogP contribution in [0.3, 0.4) is 0 Å². The maximum atomic E-state index is 15.0. The second-order valence-corrected chi connectivity index (χ2v) is 7.83. The minimum atomic E-state index is -0.409. The molecule has 4 rings (SSSR count). The summed E-state index contributed by atoms with van der Waals surface area (Å²) in [6.07, 6.45) is 1.62. The van der Waals surface area contributed by atoms with E-state index in [1.807, 2.05) is 16.4 Å². The normalized spacial score (nSPS) is 17.8. The molecule has 1 aromatic heterocycles. The summed E-state index contributed by atoms with van der Waals surface area (Å²) in [6.45, 7) is 7.83. The van der Waals surface area contributed by atoms with Crippen LogP contribution in [0, 0.1) is 5.82 Å². The van der Waals surface area contributed by atoms with E-state index >= 15 is 0 Å². The Morgan fingerprint density at radius 1 is 1.17 bits per heavy atom. The first-order valence-electron chi connectivity index (χ1n) is 10.3. The Labute approximate surface area is 181 Å². The van der Waals surface area contributed by atoms with E-state index < -0.39 is 11.2 Å². The van der Waals surface area contributed by atoms with E-state index in [0.717, 1.165) is 26.2 Å². The van der Waals surface area contributed by atoms with Gasteiger partial charge in [-0.3, -0.25) is 9.59 Å². The Morgan fingerprint density at radius 2 is 1.83 bits per heavy atom. The van der Waals surface area contributed by atoms with Gasteiger partial charge in [-0.15, -0.1) is 0 Å². The third-order valence-corrected chi connectivity index (χ3v) is 5.98. The number of rotatable bonds is 3. The number of hydrogen-bond acceptors (Lipinski definition) is 4. The number of benzene rings is 1. The molecule has 2 aliphatic heterocycles. The molecule has 1 amide bonds. The number of hydrogen-bond donors (Lipinski definition) is 1. The summed E-state index contributed by atoms with van der Waals surface area (Å²) in [5.74, 6) is -0.721. The van der Waals surface area contributed by atoms with Gasteiger partial charge in [-0.25, -0.2) is 4.39 Å². The predicted molar refractivity (Wildman–Crippen MR) is 109 cm³/mol. The topological polar surface area (TPSA) is 59.2 Å². The highest BCUT2D eigenvalue weighted by atomic mass is 35.5. The summed E-state index contributed by atoms with van der Waals surface area (Å²) < 4.78 is 22.2. The summed E-state index contributed by atoms with van der Waals surface area (Å²) in [5, 5.41) is 0.256. The van der Waals surface area contributed by atoms with Crippen molar-refractivity contribution in [3.63, 3.8) is 0 Å². The Kier molecular flexibility index (Phi) is 7.00. The molecule has 0 atom stereocenters. The number of halogens is 2. The van der Waals surface area contributed by atoms with Crippen molar-refractivity contribution in [1.82, 2.24) is 9.47 Å². The van der Waals surface area contributed by atoms with Gasteiger partial charge in [-0.05, 0) is 19.1 Å². The van der Waals surface area contributed by atoms with Crippen molar-refractivity contribution < 1.29 is 31.2 Å². The van der Waals surface area contributed by atoms with Crippen LogP contribution in [0.1, 0.15) is 17.3 Å². The number of nitrogens with zero attached hydrogens (tertiary/aromatic N) is 3. The lowest BCUT2D eigenvalue weighted by atomic mass is 10.1. The van der Waals surface area contributed by atoms with Crippen LogP contribution in [0.5, 0.6) is 0 Å². The molecule has 0 aliphatic carbocycles. The average Bonchev–Trinajstić information content (AvgIpc) is 2.75. The lowest BCUT2D eigenvalue weighted by molar-refractivity contribution is -0.880. The molecule has 2 aromatic rings. The van der Waals surface area contributed by atoms with Gasteiger partial charge < -0.3 is 36.4 Å². The molecule has 0 saturated carbocycles. The standard InChI is InChI=1S/C21H27FN4O3.ClH/c1-3-24-14-16(21(28)26-8-10-29-11-9-26)20(27)15-12-17(22)19(13-18(15)24)25-6-4-23(2)5-7-25;/h12-14H,3-11H2,1-2H3;1H. The number of amides is 1. The fourth-order valence-electron chi connectivity index (χ4n) is 4.12. The molecule has 2 fully saturated rings. The molecule has 7 nitrogen and oxygen atoms in total. The number of aryl methyl sites for hydroxylation is 1. The Bertz CT molecular complexity index is 982. The van der Waals surface area contributed by atoms with Gasteiger partial charge in [0.2, 0.25) is 5.43 Å². The highest BCUT2D eigenvalue weighted by molar-refractivity contribution is 5.98. The van der Waals surface area contributed by atoms with Crippen LogP contribution in [0.4, 0.5) is 10.1 Å². The van der Waals surface area contributed by atoms with Crippen molar-refractivity contribution in [3.8, 4) is 0 Å². The number of carbonyl (C=O) groups is 1. The SMILES string of the molecule is CCn1cc(C(=O)N2CCOCC2)c(=O)c2cc(F)c(N3CC[NH+](C)CC3)cc21.[Cl-]. The van der Waals surface area contributed by atoms with Crippen molar-refractivity contribution in [1.29, 1.82) is 0 Å². The van der Waals surface area contributed by atoms with Crippen LogP contribution in [0.2, 0.25) is 0 Å². The van der Waals surface area contributed by atoms with Crippen molar-refractivity contribution in [3.05, 3.63) is 39.9 Å². The molecule has 2 aliphatic rings. The zero-order valence-electron chi connectivity index (χ0n) is 17.4. The molecular formula is C21H28ClFN4O3. The first kappa shape index (κ1) is 22.5. The van der Waals surface area contributed by atoms with Crippen molar-refractivity contribution in [2.45, 2.75) is 13.5 Å². The molecule has 0 spiro atoms. The van der Waals surface area contributed by atoms with Crippen molar-refractivity contribution >= 4 is 22.5 Å². The van der Waals surface area contributed by atoms with Crippen LogP contribution < -0.4 is 27.6 Å². The average molecular weight is 439 g/mol. The summed E-state index contributed by atoms with van der Waals surface area (Å²) in [4.78, 5) is 31.1. The number of likely N-dealkylation sites (N-methyl/N-ethyl adjacent to an activating group) is 1. The fraction of sp³-hybridized carbons (Fsp3) is 0.524. The van der Waals surface area contributed by atoms with Gasteiger partial charge in [0.25, 0.3) is 5.91 Å². The molecule has 164 valence electrons. The first-order chi connectivity index (χ1) is 14.0. The van der Waals surface area contributed by atoms with E-state index in [1.165, 1.54) is 11.0 Å². The van der Waals surface area contributed by atoms with Gasteiger partial charge in [-0.1, -0.05) is 0 Å². The molecule has 3 heterocycles. The van der Waals surface area contributed by atoms with Gasteiger partial charge in [-0.2, -0.15) is 0 Å². The van der Waals surface area contributed by atoms with Crippen LogP contribution in [-0.2, 0) is 11.3 Å². The molecule has 1 N–H and O–H groups in total. The number of carbonyl (C=O) groups excluding carboxylic acids is 1. The van der Waals surface area contributed by atoms with E-state index in [-0.39, 0.29) is 29.3 Å². The third kappa shape index (κ3) is 4.17. The zero-order chi connectivity index (χ0) is 20.5. The molecule has 9 heteroatoms. The Hall–Kier alpha value is -2.16. The number of piperazine rings is 1. The summed E-state index contributed by atoms with van der Waals surface area (Å²) in [6, 6.07) is 3.07. The molecule has 2 saturated heterocycles. The minimum Gasteiger partial charge on any atom is -1.00 e. The zero-order valence-corrected chi connectivity index (χ0v) is 18.2. The number of fused-ring (bicyclic) bond motifs is 1.